The van der Waals surface area contributed by atoms with Crippen molar-refractivity contribution in [1.29, 1.82) is 0 Å². The van der Waals surface area contributed by atoms with E-state index in [0.717, 1.165) is 23.0 Å². The molecule has 1 aliphatic heterocycles. The Morgan fingerprint density at radius 1 is 1.58 bits per heavy atom. The largest absolute Gasteiger partial charge is 0.350 e. The SMILES string of the molecule is CC(NC(=O)CCC1CCCN1)c1cccc(Br)c1. The maximum absolute atomic E-state index is 11.9. The van der Waals surface area contributed by atoms with Crippen LogP contribution in [0.5, 0.6) is 0 Å². The van der Waals surface area contributed by atoms with Gasteiger partial charge in [-0.2, -0.15) is 0 Å². The first-order valence-electron chi connectivity index (χ1n) is 6.93. The predicted octanol–water partition coefficient (Wildman–Crippen LogP) is 3.16. The number of hydrogen-bond donors (Lipinski definition) is 2. The third kappa shape index (κ3) is 4.62. The molecule has 1 amide bonds. The zero-order chi connectivity index (χ0) is 13.7. The van der Waals surface area contributed by atoms with Gasteiger partial charge in [0.1, 0.15) is 0 Å². The molecule has 0 aromatic heterocycles. The lowest BCUT2D eigenvalue weighted by Crippen LogP contribution is -2.29. The van der Waals surface area contributed by atoms with E-state index in [1.165, 1.54) is 12.8 Å². The van der Waals surface area contributed by atoms with Gasteiger partial charge >= 0.3 is 0 Å². The fourth-order valence-electron chi connectivity index (χ4n) is 2.48. The Morgan fingerprint density at radius 2 is 2.42 bits per heavy atom. The zero-order valence-corrected chi connectivity index (χ0v) is 12.9. The second kappa shape index (κ2) is 7.06. The third-order valence-corrected chi connectivity index (χ3v) is 4.10. The van der Waals surface area contributed by atoms with Gasteiger partial charge in [0.05, 0.1) is 6.04 Å². The normalized spacial score (nSPS) is 20.2. The highest BCUT2D eigenvalue weighted by molar-refractivity contribution is 9.10. The lowest BCUT2D eigenvalue weighted by molar-refractivity contribution is -0.121. The number of benzene rings is 1. The van der Waals surface area contributed by atoms with Crippen molar-refractivity contribution in [3.05, 3.63) is 34.3 Å². The van der Waals surface area contributed by atoms with Gasteiger partial charge in [-0.15, -0.1) is 0 Å². The smallest absolute Gasteiger partial charge is 0.220 e. The van der Waals surface area contributed by atoms with Crippen LogP contribution >= 0.6 is 15.9 Å². The van der Waals surface area contributed by atoms with Gasteiger partial charge < -0.3 is 10.6 Å². The van der Waals surface area contributed by atoms with E-state index in [-0.39, 0.29) is 11.9 Å². The molecule has 1 aromatic rings. The molecule has 0 radical (unpaired) electrons. The van der Waals surface area contributed by atoms with Crippen LogP contribution in [-0.4, -0.2) is 18.5 Å². The third-order valence-electron chi connectivity index (χ3n) is 3.61. The van der Waals surface area contributed by atoms with E-state index < -0.39 is 0 Å². The van der Waals surface area contributed by atoms with Gasteiger partial charge in [0.25, 0.3) is 0 Å². The van der Waals surface area contributed by atoms with Crippen molar-refractivity contribution < 1.29 is 4.79 Å². The van der Waals surface area contributed by atoms with Crippen molar-refractivity contribution in [2.24, 2.45) is 0 Å². The lowest BCUT2D eigenvalue weighted by atomic mass is 10.1. The van der Waals surface area contributed by atoms with E-state index >= 15 is 0 Å². The molecule has 1 aromatic carbocycles. The van der Waals surface area contributed by atoms with Crippen LogP contribution in [0.15, 0.2) is 28.7 Å². The molecule has 2 N–H and O–H groups in total. The molecule has 19 heavy (non-hydrogen) atoms. The highest BCUT2D eigenvalue weighted by Crippen LogP contribution is 2.18. The summed E-state index contributed by atoms with van der Waals surface area (Å²) in [5, 5.41) is 6.48. The molecule has 4 heteroatoms. The Labute approximate surface area is 123 Å². The van der Waals surface area contributed by atoms with Gasteiger partial charge in [-0.1, -0.05) is 28.1 Å². The molecule has 0 aliphatic carbocycles. The summed E-state index contributed by atoms with van der Waals surface area (Å²) in [6, 6.07) is 8.65. The van der Waals surface area contributed by atoms with E-state index in [4.69, 9.17) is 0 Å². The topological polar surface area (TPSA) is 41.1 Å². The number of carbonyl (C=O) groups is 1. The Hall–Kier alpha value is -0.870. The van der Waals surface area contributed by atoms with Gasteiger partial charge in [0, 0.05) is 16.9 Å². The molecule has 0 spiro atoms. The number of rotatable bonds is 5. The first-order valence-corrected chi connectivity index (χ1v) is 7.72. The van der Waals surface area contributed by atoms with Gasteiger partial charge in [0.2, 0.25) is 5.91 Å². The second-order valence-electron chi connectivity index (χ2n) is 5.18. The van der Waals surface area contributed by atoms with Gasteiger partial charge in [-0.3, -0.25) is 4.79 Å². The van der Waals surface area contributed by atoms with Crippen LogP contribution in [0.2, 0.25) is 0 Å². The summed E-state index contributed by atoms with van der Waals surface area (Å²) in [7, 11) is 0. The van der Waals surface area contributed by atoms with Crippen LogP contribution in [-0.2, 0) is 4.79 Å². The predicted molar refractivity (Wildman–Crippen MR) is 81.0 cm³/mol. The molecule has 104 valence electrons. The second-order valence-corrected chi connectivity index (χ2v) is 6.09. The summed E-state index contributed by atoms with van der Waals surface area (Å²) in [4.78, 5) is 11.9. The van der Waals surface area contributed by atoms with E-state index in [2.05, 4.69) is 26.6 Å². The number of halogens is 1. The molecule has 0 bridgehead atoms. The molecule has 2 atom stereocenters. The zero-order valence-electron chi connectivity index (χ0n) is 11.3. The first kappa shape index (κ1) is 14.5. The summed E-state index contributed by atoms with van der Waals surface area (Å²) in [6.07, 6.45) is 3.99. The fraction of sp³-hybridized carbons (Fsp3) is 0.533. The molecule has 1 saturated heterocycles. The minimum absolute atomic E-state index is 0.0570. The quantitative estimate of drug-likeness (QED) is 0.873. The fourth-order valence-corrected chi connectivity index (χ4v) is 2.90. The minimum Gasteiger partial charge on any atom is -0.350 e. The van der Waals surface area contributed by atoms with Crippen molar-refractivity contribution in [3.63, 3.8) is 0 Å². The Kier molecular flexibility index (Phi) is 5.40. The van der Waals surface area contributed by atoms with Gasteiger partial charge in [0.15, 0.2) is 0 Å². The maximum atomic E-state index is 11.9. The first-order chi connectivity index (χ1) is 9.15. The molecule has 0 saturated carbocycles. The monoisotopic (exact) mass is 324 g/mol. The van der Waals surface area contributed by atoms with Crippen molar-refractivity contribution in [2.45, 2.75) is 44.7 Å². The average Bonchev–Trinajstić information content (AvgIpc) is 2.89. The summed E-state index contributed by atoms with van der Waals surface area (Å²) >= 11 is 3.45. The number of amides is 1. The molecule has 3 nitrogen and oxygen atoms in total. The minimum atomic E-state index is 0.0570. The number of nitrogens with one attached hydrogen (secondary N) is 2. The van der Waals surface area contributed by atoms with Crippen LogP contribution in [0.4, 0.5) is 0 Å². The lowest BCUT2D eigenvalue weighted by Gasteiger charge is -2.16. The molecule has 1 heterocycles. The van der Waals surface area contributed by atoms with Gasteiger partial charge in [-0.05, 0) is 50.4 Å². The van der Waals surface area contributed by atoms with E-state index in [1.807, 2.05) is 31.2 Å². The molecular formula is C15H21BrN2O. The van der Waals surface area contributed by atoms with Crippen LogP contribution in [0.1, 0.15) is 44.2 Å². The van der Waals surface area contributed by atoms with Crippen LogP contribution in [0.25, 0.3) is 0 Å². The Balaban J connectivity index is 1.77. The molecular weight excluding hydrogens is 304 g/mol. The number of carbonyl (C=O) groups excluding carboxylic acids is 1. The van der Waals surface area contributed by atoms with Crippen LogP contribution in [0.3, 0.4) is 0 Å². The molecule has 1 aliphatic rings. The average molecular weight is 325 g/mol. The highest BCUT2D eigenvalue weighted by Gasteiger charge is 2.16. The summed E-state index contributed by atoms with van der Waals surface area (Å²) in [6.45, 7) is 3.12. The van der Waals surface area contributed by atoms with Crippen molar-refractivity contribution in [3.8, 4) is 0 Å². The van der Waals surface area contributed by atoms with E-state index in [0.29, 0.717) is 12.5 Å². The van der Waals surface area contributed by atoms with Crippen LogP contribution < -0.4 is 10.6 Å². The highest BCUT2D eigenvalue weighted by atomic mass is 79.9. The molecule has 2 rings (SSSR count). The number of hydrogen-bond acceptors (Lipinski definition) is 2. The molecule has 1 fully saturated rings. The summed E-state index contributed by atoms with van der Waals surface area (Å²) in [5.41, 5.74) is 1.13. The summed E-state index contributed by atoms with van der Waals surface area (Å²) < 4.78 is 1.04. The maximum Gasteiger partial charge on any atom is 0.220 e. The van der Waals surface area contributed by atoms with E-state index in [1.54, 1.807) is 0 Å². The Morgan fingerprint density at radius 3 is 3.11 bits per heavy atom. The molecule has 2 unspecified atom stereocenters. The summed E-state index contributed by atoms with van der Waals surface area (Å²) in [5.74, 6) is 0.140. The van der Waals surface area contributed by atoms with Crippen LogP contribution in [0, 0.1) is 0 Å². The van der Waals surface area contributed by atoms with Gasteiger partial charge in [-0.25, -0.2) is 0 Å². The van der Waals surface area contributed by atoms with Crippen molar-refractivity contribution in [1.82, 2.24) is 10.6 Å². The van der Waals surface area contributed by atoms with E-state index in [9.17, 15) is 4.79 Å². The van der Waals surface area contributed by atoms with Crippen molar-refractivity contribution >= 4 is 21.8 Å². The van der Waals surface area contributed by atoms with Crippen molar-refractivity contribution in [2.75, 3.05) is 6.54 Å². The Bertz CT molecular complexity index is 430. The standard InChI is InChI=1S/C15H21BrN2O/c1-11(12-4-2-5-13(16)10-12)18-15(19)8-7-14-6-3-9-17-14/h2,4-5,10-11,14,17H,3,6-9H2,1H3,(H,18,19).